The van der Waals surface area contributed by atoms with Crippen LogP contribution < -0.4 is 5.43 Å². The van der Waals surface area contributed by atoms with E-state index in [0.717, 1.165) is 24.8 Å². The van der Waals surface area contributed by atoms with Crippen molar-refractivity contribution >= 4 is 5.91 Å². The highest BCUT2D eigenvalue weighted by molar-refractivity contribution is 5.91. The van der Waals surface area contributed by atoms with Crippen LogP contribution in [0, 0.1) is 12.7 Å². The van der Waals surface area contributed by atoms with Gasteiger partial charge in [0.15, 0.2) is 11.2 Å². The van der Waals surface area contributed by atoms with Crippen LogP contribution in [0.3, 0.4) is 0 Å². The van der Waals surface area contributed by atoms with Crippen LogP contribution >= 0.6 is 0 Å². The predicted octanol–water partition coefficient (Wildman–Crippen LogP) is 3.45. The minimum absolute atomic E-state index is 0.0401. The summed E-state index contributed by atoms with van der Waals surface area (Å²) in [7, 11) is 0. The Morgan fingerprint density at radius 3 is 2.83 bits per heavy atom. The number of likely N-dealkylation sites (tertiary alicyclic amines) is 1. The van der Waals surface area contributed by atoms with Crippen molar-refractivity contribution in [3.8, 4) is 0 Å². The van der Waals surface area contributed by atoms with Gasteiger partial charge in [-0.25, -0.2) is 4.39 Å². The largest absolute Gasteiger partial charge is 0.456 e. The first kappa shape index (κ1) is 15.5. The molecule has 23 heavy (non-hydrogen) atoms. The second-order valence-corrected chi connectivity index (χ2v) is 5.83. The highest BCUT2D eigenvalue weighted by Gasteiger charge is 2.30. The second kappa shape index (κ2) is 6.36. The van der Waals surface area contributed by atoms with Gasteiger partial charge in [0.1, 0.15) is 11.6 Å². The summed E-state index contributed by atoms with van der Waals surface area (Å²) < 4.78 is 18.9. The van der Waals surface area contributed by atoms with Gasteiger partial charge in [-0.05, 0) is 43.9 Å². The average Bonchev–Trinajstić information content (AvgIpc) is 2.53. The number of nitrogens with zero attached hydrogens (tertiary/aromatic N) is 1. The number of hydrogen-bond acceptors (Lipinski definition) is 3. The molecule has 0 radical (unpaired) electrons. The molecule has 1 aliphatic rings. The summed E-state index contributed by atoms with van der Waals surface area (Å²) in [5, 5.41) is 0. The molecule has 120 valence electrons. The molecule has 1 aliphatic heterocycles. The number of hydrogen-bond donors (Lipinski definition) is 0. The Kier molecular flexibility index (Phi) is 4.28. The Morgan fingerprint density at radius 1 is 1.26 bits per heavy atom. The summed E-state index contributed by atoms with van der Waals surface area (Å²) in [4.78, 5) is 26.1. The number of rotatable bonds is 2. The van der Waals surface area contributed by atoms with Gasteiger partial charge in [-0.3, -0.25) is 9.59 Å². The van der Waals surface area contributed by atoms with Gasteiger partial charge in [-0.2, -0.15) is 0 Å². The quantitative estimate of drug-likeness (QED) is 0.853. The van der Waals surface area contributed by atoms with E-state index in [1.165, 1.54) is 24.3 Å². The summed E-state index contributed by atoms with van der Waals surface area (Å²) in [6, 6.07) is 8.68. The van der Waals surface area contributed by atoms with Crippen molar-refractivity contribution in [1.82, 2.24) is 4.90 Å². The van der Waals surface area contributed by atoms with Gasteiger partial charge in [-0.1, -0.05) is 12.1 Å². The molecular weight excluding hydrogens is 297 g/mol. The van der Waals surface area contributed by atoms with Gasteiger partial charge < -0.3 is 9.32 Å². The van der Waals surface area contributed by atoms with Gasteiger partial charge in [0.05, 0.1) is 6.04 Å². The number of benzene rings is 1. The molecular formula is C18H18FNO3. The maximum Gasteiger partial charge on any atom is 0.290 e. The highest BCUT2D eigenvalue weighted by atomic mass is 19.1. The molecule has 1 amide bonds. The average molecular weight is 315 g/mol. The fourth-order valence-corrected chi connectivity index (χ4v) is 3.09. The topological polar surface area (TPSA) is 50.5 Å². The first-order chi connectivity index (χ1) is 11.0. The molecule has 5 heteroatoms. The number of piperidine rings is 1. The van der Waals surface area contributed by atoms with Crippen molar-refractivity contribution in [1.29, 1.82) is 0 Å². The van der Waals surface area contributed by atoms with Crippen molar-refractivity contribution in [3.05, 3.63) is 69.5 Å². The van der Waals surface area contributed by atoms with E-state index in [4.69, 9.17) is 4.42 Å². The molecule has 0 aliphatic carbocycles. The van der Waals surface area contributed by atoms with Gasteiger partial charge in [0, 0.05) is 18.7 Å². The number of carbonyl (C=O) groups excluding carboxylic acids is 1. The summed E-state index contributed by atoms with van der Waals surface area (Å²) in [6.45, 7) is 2.20. The van der Waals surface area contributed by atoms with E-state index in [2.05, 4.69) is 0 Å². The molecule has 1 fully saturated rings. The van der Waals surface area contributed by atoms with E-state index in [0.29, 0.717) is 12.3 Å². The van der Waals surface area contributed by atoms with E-state index < -0.39 is 0 Å². The van der Waals surface area contributed by atoms with Gasteiger partial charge in [-0.15, -0.1) is 0 Å². The van der Waals surface area contributed by atoms with Crippen LogP contribution in [0.1, 0.15) is 47.2 Å². The fraction of sp³-hybridized carbons (Fsp3) is 0.333. The third-order valence-corrected chi connectivity index (χ3v) is 4.10. The molecule has 1 saturated heterocycles. The number of aryl methyl sites for hydroxylation is 1. The lowest BCUT2D eigenvalue weighted by molar-refractivity contribution is 0.0574. The highest BCUT2D eigenvalue weighted by Crippen LogP contribution is 2.32. The Morgan fingerprint density at radius 2 is 2.09 bits per heavy atom. The normalized spacial score (nSPS) is 18.0. The summed E-state index contributed by atoms with van der Waals surface area (Å²) in [5.41, 5.74) is 0.518. The van der Waals surface area contributed by atoms with E-state index in [1.54, 1.807) is 17.9 Å². The third kappa shape index (κ3) is 3.33. The Labute approximate surface area is 133 Å². The smallest absolute Gasteiger partial charge is 0.290 e. The summed E-state index contributed by atoms with van der Waals surface area (Å²) >= 11 is 0. The molecule has 1 aromatic heterocycles. The van der Waals surface area contributed by atoms with E-state index >= 15 is 0 Å². The molecule has 0 bridgehead atoms. The van der Waals surface area contributed by atoms with E-state index in [-0.39, 0.29) is 29.0 Å². The molecule has 1 atom stereocenters. The SMILES string of the molecule is Cc1cc(=O)cc(C(=O)N2CCCCC2c2cccc(F)c2)o1. The zero-order chi connectivity index (χ0) is 16.4. The van der Waals surface area contributed by atoms with Crippen LogP contribution in [-0.4, -0.2) is 17.4 Å². The summed E-state index contributed by atoms with van der Waals surface area (Å²) in [6.07, 6.45) is 2.63. The molecule has 1 unspecified atom stereocenters. The lowest BCUT2D eigenvalue weighted by atomic mass is 9.95. The van der Waals surface area contributed by atoms with Crippen molar-refractivity contribution in [2.75, 3.05) is 6.54 Å². The maximum absolute atomic E-state index is 13.5. The lowest BCUT2D eigenvalue weighted by Gasteiger charge is -2.35. The minimum Gasteiger partial charge on any atom is -0.456 e. The molecule has 2 aromatic rings. The second-order valence-electron chi connectivity index (χ2n) is 5.83. The molecule has 2 heterocycles. The van der Waals surface area contributed by atoms with Crippen molar-refractivity contribution in [3.63, 3.8) is 0 Å². The first-order valence-electron chi connectivity index (χ1n) is 7.73. The van der Waals surface area contributed by atoms with Crippen molar-refractivity contribution < 1.29 is 13.6 Å². The lowest BCUT2D eigenvalue weighted by Crippen LogP contribution is -2.38. The molecule has 0 spiro atoms. The zero-order valence-electron chi connectivity index (χ0n) is 12.9. The minimum atomic E-state index is -0.320. The Hall–Kier alpha value is -2.43. The molecule has 0 saturated carbocycles. The number of carbonyl (C=O) groups is 1. The van der Waals surface area contributed by atoms with Crippen LogP contribution in [0.2, 0.25) is 0 Å². The summed E-state index contributed by atoms with van der Waals surface area (Å²) in [5.74, 6) is -0.194. The third-order valence-electron chi connectivity index (χ3n) is 4.10. The van der Waals surface area contributed by atoms with Gasteiger partial charge in [0.2, 0.25) is 0 Å². The molecule has 4 nitrogen and oxygen atoms in total. The van der Waals surface area contributed by atoms with Crippen LogP contribution in [-0.2, 0) is 0 Å². The predicted molar refractivity (Wildman–Crippen MR) is 83.7 cm³/mol. The Bertz CT molecular complexity index is 784. The maximum atomic E-state index is 13.5. The van der Waals surface area contributed by atoms with Crippen molar-refractivity contribution in [2.24, 2.45) is 0 Å². The standard InChI is InChI=1S/C18H18FNO3/c1-12-9-15(21)11-17(23-12)18(22)20-8-3-2-7-16(20)13-5-4-6-14(19)10-13/h4-6,9-11,16H,2-3,7-8H2,1H3. The monoisotopic (exact) mass is 315 g/mol. The van der Waals surface area contributed by atoms with Crippen LogP contribution in [0.5, 0.6) is 0 Å². The molecule has 3 rings (SSSR count). The van der Waals surface area contributed by atoms with Gasteiger partial charge >= 0.3 is 0 Å². The van der Waals surface area contributed by atoms with Crippen LogP contribution in [0.4, 0.5) is 4.39 Å². The molecule has 0 N–H and O–H groups in total. The fourth-order valence-electron chi connectivity index (χ4n) is 3.09. The first-order valence-corrected chi connectivity index (χ1v) is 7.73. The molecule has 1 aromatic carbocycles. The number of halogens is 1. The zero-order valence-corrected chi connectivity index (χ0v) is 12.9. The van der Waals surface area contributed by atoms with E-state index in [1.807, 2.05) is 6.07 Å². The van der Waals surface area contributed by atoms with Crippen LogP contribution in [0.25, 0.3) is 0 Å². The van der Waals surface area contributed by atoms with Gasteiger partial charge in [0.25, 0.3) is 5.91 Å². The number of amides is 1. The Balaban J connectivity index is 1.94. The van der Waals surface area contributed by atoms with E-state index in [9.17, 15) is 14.0 Å². The van der Waals surface area contributed by atoms with Crippen molar-refractivity contribution in [2.45, 2.75) is 32.2 Å². The van der Waals surface area contributed by atoms with Crippen LogP contribution in [0.15, 0.2) is 45.6 Å².